The van der Waals surface area contributed by atoms with Gasteiger partial charge in [0.05, 0.1) is 29.7 Å². The van der Waals surface area contributed by atoms with E-state index in [1.807, 2.05) is 6.92 Å². The molecule has 136 valence electrons. The normalized spacial score (nSPS) is 10.7. The summed E-state index contributed by atoms with van der Waals surface area (Å²) in [6.45, 7) is 2.63. The van der Waals surface area contributed by atoms with Crippen molar-refractivity contribution in [3.05, 3.63) is 53.0 Å². The van der Waals surface area contributed by atoms with Crippen molar-refractivity contribution in [1.29, 1.82) is 0 Å². The molecular formula is C16H17ClN6O3. The highest BCUT2D eigenvalue weighted by Gasteiger charge is 2.22. The molecule has 9 nitrogen and oxygen atoms in total. The quantitative estimate of drug-likeness (QED) is 0.684. The number of anilines is 1. The molecule has 0 fully saturated rings. The highest BCUT2D eigenvalue weighted by atomic mass is 35.5. The summed E-state index contributed by atoms with van der Waals surface area (Å²) in [5, 5.41) is 13.7. The van der Waals surface area contributed by atoms with Gasteiger partial charge in [0.2, 0.25) is 0 Å². The maximum atomic E-state index is 12.5. The van der Waals surface area contributed by atoms with E-state index < -0.39 is 11.8 Å². The second kappa shape index (κ2) is 7.44. The smallest absolute Gasteiger partial charge is 0.275 e. The van der Waals surface area contributed by atoms with Gasteiger partial charge in [-0.1, -0.05) is 11.6 Å². The Balaban J connectivity index is 1.79. The zero-order valence-corrected chi connectivity index (χ0v) is 14.9. The molecule has 3 aromatic heterocycles. The van der Waals surface area contributed by atoms with Crippen molar-refractivity contribution in [2.24, 2.45) is 7.05 Å². The van der Waals surface area contributed by atoms with E-state index in [0.717, 1.165) is 0 Å². The summed E-state index contributed by atoms with van der Waals surface area (Å²) in [4.78, 5) is 25.0. The molecule has 2 N–H and O–H groups in total. The molecule has 0 unspecified atom stereocenters. The van der Waals surface area contributed by atoms with Gasteiger partial charge in [0.1, 0.15) is 11.5 Å². The number of aromatic nitrogens is 4. The highest BCUT2D eigenvalue weighted by molar-refractivity contribution is 6.34. The number of aryl methyl sites for hydroxylation is 2. The third kappa shape index (κ3) is 3.62. The monoisotopic (exact) mass is 376 g/mol. The van der Waals surface area contributed by atoms with Crippen LogP contribution in [0.15, 0.2) is 35.2 Å². The third-order valence-corrected chi connectivity index (χ3v) is 3.94. The largest absolute Gasteiger partial charge is 0.467 e. The molecule has 0 radical (unpaired) electrons. The minimum absolute atomic E-state index is 0.102. The summed E-state index contributed by atoms with van der Waals surface area (Å²) < 4.78 is 8.10. The SMILES string of the molecule is CCn1cc(NC(=O)c2c(Cl)cnn2C)c(C(=O)NCc2ccco2)n1. The summed E-state index contributed by atoms with van der Waals surface area (Å²) in [5.74, 6) is -0.300. The number of nitrogens with one attached hydrogen (secondary N) is 2. The number of halogens is 1. The van der Waals surface area contributed by atoms with Gasteiger partial charge < -0.3 is 15.1 Å². The van der Waals surface area contributed by atoms with Gasteiger partial charge in [-0.15, -0.1) is 0 Å². The van der Waals surface area contributed by atoms with Crippen LogP contribution < -0.4 is 10.6 Å². The summed E-state index contributed by atoms with van der Waals surface area (Å²) in [7, 11) is 1.60. The molecule has 3 rings (SSSR count). The molecule has 0 spiro atoms. The Morgan fingerprint density at radius 3 is 2.77 bits per heavy atom. The van der Waals surface area contributed by atoms with Crippen LogP contribution in [0.1, 0.15) is 33.7 Å². The van der Waals surface area contributed by atoms with Gasteiger partial charge in [-0.3, -0.25) is 19.0 Å². The van der Waals surface area contributed by atoms with Crippen LogP contribution in [0.3, 0.4) is 0 Å². The summed E-state index contributed by atoms with van der Waals surface area (Å²) in [6.07, 6.45) is 4.49. The number of hydrogen-bond donors (Lipinski definition) is 2. The first kappa shape index (κ1) is 17.7. The van der Waals surface area contributed by atoms with E-state index in [0.29, 0.717) is 12.3 Å². The molecule has 0 aliphatic rings. The zero-order valence-electron chi connectivity index (χ0n) is 14.2. The average Bonchev–Trinajstić information content (AvgIpc) is 3.33. The van der Waals surface area contributed by atoms with Crippen molar-refractivity contribution in [3.8, 4) is 0 Å². The molecule has 0 aliphatic carbocycles. The molecule has 0 saturated heterocycles. The van der Waals surface area contributed by atoms with E-state index in [1.165, 1.54) is 17.1 Å². The minimum atomic E-state index is -0.481. The van der Waals surface area contributed by atoms with Crippen molar-refractivity contribution in [2.75, 3.05) is 5.32 Å². The lowest BCUT2D eigenvalue weighted by atomic mass is 10.3. The number of carbonyl (C=O) groups is 2. The second-order valence-corrected chi connectivity index (χ2v) is 5.84. The molecule has 0 aromatic carbocycles. The minimum Gasteiger partial charge on any atom is -0.467 e. The first-order valence-electron chi connectivity index (χ1n) is 7.86. The topological polar surface area (TPSA) is 107 Å². The van der Waals surface area contributed by atoms with Crippen molar-refractivity contribution >= 4 is 29.1 Å². The van der Waals surface area contributed by atoms with Crippen LogP contribution in [0.4, 0.5) is 5.69 Å². The second-order valence-electron chi connectivity index (χ2n) is 5.43. The van der Waals surface area contributed by atoms with Gasteiger partial charge >= 0.3 is 0 Å². The van der Waals surface area contributed by atoms with Crippen LogP contribution in [0.25, 0.3) is 0 Å². The number of amides is 2. The molecule has 3 heterocycles. The molecular weight excluding hydrogens is 360 g/mol. The summed E-state index contributed by atoms with van der Waals surface area (Å²) in [5.41, 5.74) is 0.578. The lowest BCUT2D eigenvalue weighted by molar-refractivity contribution is 0.0943. The first-order valence-corrected chi connectivity index (χ1v) is 8.24. The maximum Gasteiger partial charge on any atom is 0.275 e. The molecule has 0 aliphatic heterocycles. The van der Waals surface area contributed by atoms with Crippen molar-refractivity contribution in [3.63, 3.8) is 0 Å². The number of furan rings is 1. The Kier molecular flexibility index (Phi) is 5.08. The highest BCUT2D eigenvalue weighted by Crippen LogP contribution is 2.19. The van der Waals surface area contributed by atoms with Crippen molar-refractivity contribution in [1.82, 2.24) is 24.9 Å². The van der Waals surface area contributed by atoms with Gasteiger partial charge in [0.15, 0.2) is 5.69 Å². The van der Waals surface area contributed by atoms with Gasteiger partial charge in [0.25, 0.3) is 11.8 Å². The third-order valence-electron chi connectivity index (χ3n) is 3.66. The lowest BCUT2D eigenvalue weighted by Crippen LogP contribution is -2.25. The fraction of sp³-hybridized carbons (Fsp3) is 0.250. The Morgan fingerprint density at radius 1 is 1.35 bits per heavy atom. The molecule has 2 amide bonds. The van der Waals surface area contributed by atoms with E-state index >= 15 is 0 Å². The molecule has 3 aromatic rings. The van der Waals surface area contributed by atoms with Crippen molar-refractivity contribution < 1.29 is 14.0 Å². The van der Waals surface area contributed by atoms with Gasteiger partial charge in [-0.2, -0.15) is 10.2 Å². The molecule has 0 atom stereocenters. The Labute approximate surface area is 153 Å². The van der Waals surface area contributed by atoms with Crippen LogP contribution in [-0.2, 0) is 20.1 Å². The van der Waals surface area contributed by atoms with Gasteiger partial charge in [-0.05, 0) is 19.1 Å². The van der Waals surface area contributed by atoms with Gasteiger partial charge in [0, 0.05) is 19.8 Å². The van der Waals surface area contributed by atoms with E-state index in [4.69, 9.17) is 16.0 Å². The lowest BCUT2D eigenvalue weighted by Gasteiger charge is -2.06. The molecule has 0 saturated carbocycles. The predicted molar refractivity (Wildman–Crippen MR) is 94.0 cm³/mol. The fourth-order valence-electron chi connectivity index (χ4n) is 2.35. The molecule has 10 heteroatoms. The average molecular weight is 377 g/mol. The van der Waals surface area contributed by atoms with Crippen LogP contribution in [-0.4, -0.2) is 31.4 Å². The van der Waals surface area contributed by atoms with Crippen LogP contribution in [0.2, 0.25) is 5.02 Å². The zero-order chi connectivity index (χ0) is 18.7. The molecule has 26 heavy (non-hydrogen) atoms. The van der Waals surface area contributed by atoms with Crippen LogP contribution in [0.5, 0.6) is 0 Å². The van der Waals surface area contributed by atoms with Crippen molar-refractivity contribution in [2.45, 2.75) is 20.0 Å². The summed E-state index contributed by atoms with van der Waals surface area (Å²) >= 11 is 5.99. The number of hydrogen-bond acceptors (Lipinski definition) is 5. The standard InChI is InChI=1S/C16H17ClN6O3/c1-3-23-9-12(20-16(25)14-11(17)8-19-22(14)2)13(21-23)15(24)18-7-10-5-4-6-26-10/h4-6,8-9H,3,7H2,1-2H3,(H,18,24)(H,20,25). The van der Waals surface area contributed by atoms with E-state index in [-0.39, 0.29) is 28.6 Å². The Morgan fingerprint density at radius 2 is 2.15 bits per heavy atom. The Hall–Kier alpha value is -3.07. The number of rotatable bonds is 6. The van der Waals surface area contributed by atoms with E-state index in [2.05, 4.69) is 20.8 Å². The van der Waals surface area contributed by atoms with E-state index in [1.54, 1.807) is 30.1 Å². The Bertz CT molecular complexity index is 909. The number of nitrogens with zero attached hydrogens (tertiary/aromatic N) is 4. The van der Waals surface area contributed by atoms with Gasteiger partial charge in [-0.25, -0.2) is 0 Å². The maximum absolute atomic E-state index is 12.5. The molecule has 0 bridgehead atoms. The first-order chi connectivity index (χ1) is 12.5. The van der Waals surface area contributed by atoms with Crippen LogP contribution >= 0.6 is 11.6 Å². The predicted octanol–water partition coefficient (Wildman–Crippen LogP) is 2.07. The van der Waals surface area contributed by atoms with Crippen LogP contribution in [0, 0.1) is 0 Å². The fourth-order valence-corrected chi connectivity index (χ4v) is 2.61. The van der Waals surface area contributed by atoms with E-state index in [9.17, 15) is 9.59 Å². The number of carbonyl (C=O) groups excluding carboxylic acids is 2. The summed E-state index contributed by atoms with van der Waals surface area (Å²) in [6, 6.07) is 3.48.